The van der Waals surface area contributed by atoms with Crippen LogP contribution in [0, 0.1) is 5.92 Å². The lowest BCUT2D eigenvalue weighted by Crippen LogP contribution is -2.47. The fourth-order valence-corrected chi connectivity index (χ4v) is 3.68. The minimum absolute atomic E-state index is 0.0290. The van der Waals surface area contributed by atoms with Gasteiger partial charge < -0.3 is 9.80 Å². The number of hydrogen-bond donors (Lipinski definition) is 0. The Morgan fingerprint density at radius 2 is 1.86 bits per heavy atom. The van der Waals surface area contributed by atoms with Gasteiger partial charge in [0.05, 0.1) is 10.0 Å². The predicted molar refractivity (Wildman–Crippen MR) is 86.3 cm³/mol. The van der Waals surface area contributed by atoms with Crippen molar-refractivity contribution < 1.29 is 9.59 Å². The minimum Gasteiger partial charge on any atom is -0.341 e. The maximum Gasteiger partial charge on any atom is 0.254 e. The van der Waals surface area contributed by atoms with E-state index in [1.807, 2.05) is 9.80 Å². The van der Waals surface area contributed by atoms with Gasteiger partial charge in [-0.15, -0.1) is 0 Å². The first-order chi connectivity index (χ1) is 10.5. The molecule has 0 aromatic heterocycles. The van der Waals surface area contributed by atoms with Gasteiger partial charge in [-0.2, -0.15) is 0 Å². The van der Waals surface area contributed by atoms with Crippen molar-refractivity contribution in [2.24, 2.45) is 5.92 Å². The van der Waals surface area contributed by atoms with Crippen LogP contribution in [0.1, 0.15) is 30.1 Å². The molecule has 0 spiro atoms. The highest BCUT2D eigenvalue weighted by atomic mass is 35.5. The van der Waals surface area contributed by atoms with Crippen molar-refractivity contribution in [3.8, 4) is 0 Å². The molecule has 0 saturated carbocycles. The summed E-state index contributed by atoms with van der Waals surface area (Å²) in [6.45, 7) is 3.67. The van der Waals surface area contributed by atoms with Crippen LogP contribution in [0.4, 0.5) is 0 Å². The van der Waals surface area contributed by atoms with Crippen LogP contribution in [0.2, 0.25) is 10.0 Å². The number of fused-ring (bicyclic) bond motifs is 4. The number of carbonyl (C=O) groups excluding carboxylic acids is 2. The van der Waals surface area contributed by atoms with Gasteiger partial charge in [0, 0.05) is 38.2 Å². The third-order valence-corrected chi connectivity index (χ3v) is 5.33. The summed E-state index contributed by atoms with van der Waals surface area (Å²) in [5, 5.41) is 0.830. The third kappa shape index (κ3) is 2.95. The molecule has 3 heterocycles. The Labute approximate surface area is 140 Å². The minimum atomic E-state index is -0.0290. The van der Waals surface area contributed by atoms with Crippen molar-refractivity contribution in [3.63, 3.8) is 0 Å². The van der Waals surface area contributed by atoms with Crippen LogP contribution in [-0.2, 0) is 4.79 Å². The van der Waals surface area contributed by atoms with Gasteiger partial charge in [-0.25, -0.2) is 0 Å². The highest BCUT2D eigenvalue weighted by molar-refractivity contribution is 6.42. The van der Waals surface area contributed by atoms with Crippen molar-refractivity contribution >= 4 is 35.0 Å². The highest BCUT2D eigenvalue weighted by Gasteiger charge is 2.38. The van der Waals surface area contributed by atoms with Gasteiger partial charge in [0.1, 0.15) is 0 Å². The first kappa shape index (κ1) is 15.6. The number of carbonyl (C=O) groups is 2. The standard InChI is InChI=1S/C16H18Cl2N2O2/c1-10(21)19-7-11-2-4-13(9-19)20(8-11)16(22)12-3-5-14(17)15(18)6-12/h3,5-6,11,13H,2,4,7-9H2,1H3/t11-,13+/m1/s1. The van der Waals surface area contributed by atoms with Crippen LogP contribution < -0.4 is 0 Å². The fraction of sp³-hybridized carbons (Fsp3) is 0.500. The first-order valence-electron chi connectivity index (χ1n) is 7.47. The second-order valence-electron chi connectivity index (χ2n) is 6.11. The Bertz CT molecular complexity index is 620. The summed E-state index contributed by atoms with van der Waals surface area (Å²) in [5.41, 5.74) is 0.552. The van der Waals surface area contributed by atoms with E-state index in [4.69, 9.17) is 23.2 Å². The molecule has 3 aliphatic rings. The highest BCUT2D eigenvalue weighted by Crippen LogP contribution is 2.30. The number of hydrogen-bond acceptors (Lipinski definition) is 2. The molecular weight excluding hydrogens is 323 g/mol. The molecular formula is C16H18Cl2N2O2. The average molecular weight is 341 g/mol. The second kappa shape index (κ2) is 6.09. The molecule has 2 bridgehead atoms. The van der Waals surface area contributed by atoms with Gasteiger partial charge in [0.25, 0.3) is 5.91 Å². The molecule has 2 atom stereocenters. The zero-order valence-electron chi connectivity index (χ0n) is 12.4. The Morgan fingerprint density at radius 1 is 1.09 bits per heavy atom. The van der Waals surface area contributed by atoms with Crippen LogP contribution in [0.3, 0.4) is 0 Å². The molecule has 0 aliphatic carbocycles. The van der Waals surface area contributed by atoms with E-state index in [1.165, 1.54) is 0 Å². The second-order valence-corrected chi connectivity index (χ2v) is 6.92. The molecule has 118 valence electrons. The number of benzene rings is 1. The molecule has 0 radical (unpaired) electrons. The molecule has 3 aliphatic heterocycles. The lowest BCUT2D eigenvalue weighted by atomic mass is 9.94. The number of amides is 2. The van der Waals surface area contributed by atoms with Crippen LogP contribution in [0.5, 0.6) is 0 Å². The third-order valence-electron chi connectivity index (χ3n) is 4.59. The van der Waals surface area contributed by atoms with Crippen molar-refractivity contribution in [1.29, 1.82) is 0 Å². The quantitative estimate of drug-likeness (QED) is 0.788. The van der Waals surface area contributed by atoms with E-state index < -0.39 is 0 Å². The summed E-state index contributed by atoms with van der Waals surface area (Å²) in [5.74, 6) is 0.411. The van der Waals surface area contributed by atoms with Crippen molar-refractivity contribution in [3.05, 3.63) is 33.8 Å². The number of nitrogens with zero attached hydrogens (tertiary/aromatic N) is 2. The van der Waals surface area contributed by atoms with Crippen LogP contribution >= 0.6 is 23.2 Å². The van der Waals surface area contributed by atoms with E-state index in [2.05, 4.69) is 0 Å². The van der Waals surface area contributed by atoms with E-state index in [1.54, 1.807) is 25.1 Å². The summed E-state index contributed by atoms with van der Waals surface area (Å²) in [4.78, 5) is 28.3. The van der Waals surface area contributed by atoms with E-state index >= 15 is 0 Å². The van der Waals surface area contributed by atoms with E-state index in [0.29, 0.717) is 34.6 Å². The van der Waals surface area contributed by atoms with Gasteiger partial charge in [0.2, 0.25) is 5.91 Å². The largest absolute Gasteiger partial charge is 0.341 e. The molecule has 3 fully saturated rings. The SMILES string of the molecule is CC(=O)N1C[C@H]2CC[C@@H](C1)N(C(=O)c1ccc(Cl)c(Cl)c1)C2. The Morgan fingerprint density at radius 3 is 2.55 bits per heavy atom. The van der Waals surface area contributed by atoms with Crippen molar-refractivity contribution in [2.45, 2.75) is 25.8 Å². The van der Waals surface area contributed by atoms with Gasteiger partial charge in [0.15, 0.2) is 0 Å². The molecule has 2 amide bonds. The topological polar surface area (TPSA) is 40.6 Å². The molecule has 6 heteroatoms. The lowest BCUT2D eigenvalue weighted by Gasteiger charge is -2.36. The van der Waals surface area contributed by atoms with Gasteiger partial charge in [-0.05, 0) is 37.0 Å². The predicted octanol–water partition coefficient (Wildman–Crippen LogP) is 3.08. The normalized spacial score (nSPS) is 24.3. The number of rotatable bonds is 1. The van der Waals surface area contributed by atoms with Crippen molar-refractivity contribution in [2.75, 3.05) is 19.6 Å². The Balaban J connectivity index is 1.84. The summed E-state index contributed by atoms with van der Waals surface area (Å²) in [6.07, 6.45) is 2.01. The molecule has 4 rings (SSSR count). The molecule has 0 N–H and O–H groups in total. The monoisotopic (exact) mass is 340 g/mol. The zero-order chi connectivity index (χ0) is 15.9. The zero-order valence-corrected chi connectivity index (χ0v) is 13.9. The van der Waals surface area contributed by atoms with Gasteiger partial charge >= 0.3 is 0 Å². The number of piperidine rings is 1. The molecule has 3 saturated heterocycles. The van der Waals surface area contributed by atoms with Crippen molar-refractivity contribution in [1.82, 2.24) is 9.80 Å². The molecule has 1 aromatic carbocycles. The van der Waals surface area contributed by atoms with Crippen LogP contribution in [0.15, 0.2) is 18.2 Å². The summed E-state index contributed by atoms with van der Waals surface area (Å²) < 4.78 is 0. The molecule has 22 heavy (non-hydrogen) atoms. The maximum atomic E-state index is 12.8. The summed E-state index contributed by atoms with van der Waals surface area (Å²) in [6, 6.07) is 5.06. The van der Waals surface area contributed by atoms with Crippen LogP contribution in [0.25, 0.3) is 0 Å². The van der Waals surface area contributed by atoms with Crippen LogP contribution in [-0.4, -0.2) is 47.3 Å². The first-order valence-corrected chi connectivity index (χ1v) is 8.23. The fourth-order valence-electron chi connectivity index (χ4n) is 3.38. The van der Waals surface area contributed by atoms with E-state index in [0.717, 1.165) is 19.4 Å². The molecule has 4 nitrogen and oxygen atoms in total. The molecule has 0 unspecified atom stereocenters. The molecule has 1 aromatic rings. The average Bonchev–Trinajstić information content (AvgIpc) is 2.81. The van der Waals surface area contributed by atoms with E-state index in [9.17, 15) is 9.59 Å². The Hall–Kier alpha value is -1.26. The van der Waals surface area contributed by atoms with Gasteiger partial charge in [-0.3, -0.25) is 9.59 Å². The van der Waals surface area contributed by atoms with Gasteiger partial charge in [-0.1, -0.05) is 23.2 Å². The number of halogens is 2. The Kier molecular flexibility index (Phi) is 4.33. The maximum absolute atomic E-state index is 12.8. The summed E-state index contributed by atoms with van der Waals surface area (Å²) in [7, 11) is 0. The lowest BCUT2D eigenvalue weighted by molar-refractivity contribution is -0.129. The smallest absolute Gasteiger partial charge is 0.254 e. The summed E-state index contributed by atoms with van der Waals surface area (Å²) >= 11 is 11.9. The van der Waals surface area contributed by atoms with E-state index in [-0.39, 0.29) is 17.9 Å².